The predicted molar refractivity (Wildman–Crippen MR) is 53.0 cm³/mol. The van der Waals surface area contributed by atoms with E-state index in [1.807, 2.05) is 20.8 Å². The molecule has 0 spiro atoms. The molecule has 1 rings (SSSR count). The molecule has 0 aromatic carbocycles. The Kier molecular flexibility index (Phi) is 3.75. The van der Waals surface area contributed by atoms with Gasteiger partial charge in [-0.3, -0.25) is 0 Å². The van der Waals surface area contributed by atoms with Crippen LogP contribution >= 0.6 is 0 Å². The molecule has 2 unspecified atom stereocenters. The minimum Gasteiger partial charge on any atom is -0.447 e. The van der Waals surface area contributed by atoms with E-state index in [-0.39, 0.29) is 18.1 Å². The molecule has 1 saturated heterocycles. The summed E-state index contributed by atoms with van der Waals surface area (Å²) in [5, 5.41) is 9.58. The average molecular weight is 201 g/mol. The topological polar surface area (TPSA) is 49.8 Å². The summed E-state index contributed by atoms with van der Waals surface area (Å²) in [6, 6.07) is 0. The molecule has 1 amide bonds. The van der Waals surface area contributed by atoms with Crippen LogP contribution in [0.15, 0.2) is 0 Å². The van der Waals surface area contributed by atoms with Crippen molar-refractivity contribution in [3.05, 3.63) is 0 Å². The first-order chi connectivity index (χ1) is 6.50. The van der Waals surface area contributed by atoms with Crippen molar-refractivity contribution < 1.29 is 14.6 Å². The molecule has 0 radical (unpaired) electrons. The Labute approximate surface area is 84.8 Å². The Morgan fingerprint density at radius 3 is 2.71 bits per heavy atom. The van der Waals surface area contributed by atoms with E-state index in [2.05, 4.69) is 0 Å². The van der Waals surface area contributed by atoms with E-state index in [0.717, 1.165) is 6.42 Å². The number of ether oxygens (including phenoxy) is 1. The minimum atomic E-state index is -0.413. The highest BCUT2D eigenvalue weighted by molar-refractivity contribution is 5.67. The van der Waals surface area contributed by atoms with Crippen LogP contribution in [0.25, 0.3) is 0 Å². The maximum absolute atomic E-state index is 11.5. The molecule has 0 bridgehead atoms. The zero-order chi connectivity index (χ0) is 10.7. The summed E-state index contributed by atoms with van der Waals surface area (Å²) in [5.74, 6) is 0.276. The van der Waals surface area contributed by atoms with Crippen molar-refractivity contribution in [2.75, 3.05) is 13.1 Å². The Morgan fingerprint density at radius 1 is 1.57 bits per heavy atom. The summed E-state index contributed by atoms with van der Waals surface area (Å²) in [5.41, 5.74) is 0. The maximum Gasteiger partial charge on any atom is 0.410 e. The number of aliphatic hydroxyl groups excluding tert-OH is 1. The number of likely N-dealkylation sites (tertiary alicyclic amines) is 1. The maximum atomic E-state index is 11.5. The molecule has 4 nitrogen and oxygen atoms in total. The van der Waals surface area contributed by atoms with Gasteiger partial charge in [0, 0.05) is 6.54 Å². The Balaban J connectivity index is 2.42. The highest BCUT2D eigenvalue weighted by Crippen LogP contribution is 2.17. The first-order valence-electron chi connectivity index (χ1n) is 5.14. The molecule has 0 aromatic rings. The van der Waals surface area contributed by atoms with Crippen LogP contribution in [-0.4, -0.2) is 41.4 Å². The fraction of sp³-hybridized carbons (Fsp3) is 0.900. The fourth-order valence-electron chi connectivity index (χ4n) is 1.49. The smallest absolute Gasteiger partial charge is 0.410 e. The summed E-state index contributed by atoms with van der Waals surface area (Å²) in [4.78, 5) is 13.0. The number of carbonyl (C=O) groups excluding carboxylic acids is 1. The molecule has 1 aliphatic heterocycles. The van der Waals surface area contributed by atoms with Gasteiger partial charge in [0.05, 0.1) is 18.8 Å². The van der Waals surface area contributed by atoms with Crippen LogP contribution in [0.1, 0.15) is 27.2 Å². The van der Waals surface area contributed by atoms with Crippen molar-refractivity contribution >= 4 is 6.09 Å². The lowest BCUT2D eigenvalue weighted by atomic mass is 9.96. The van der Waals surface area contributed by atoms with E-state index < -0.39 is 6.10 Å². The highest BCUT2D eigenvalue weighted by atomic mass is 16.6. The summed E-state index contributed by atoms with van der Waals surface area (Å²) < 4.78 is 5.05. The van der Waals surface area contributed by atoms with Crippen molar-refractivity contribution in [2.45, 2.75) is 39.4 Å². The lowest BCUT2D eigenvalue weighted by Gasteiger charge is -2.33. The number of piperidine rings is 1. The molecule has 1 N–H and O–H groups in total. The zero-order valence-corrected chi connectivity index (χ0v) is 9.06. The number of nitrogens with zero attached hydrogens (tertiary/aromatic N) is 1. The standard InChI is InChI=1S/C10H19NO3/c1-7(2)14-10(13)11-5-4-8(3)9(12)6-11/h7-9,12H,4-6H2,1-3H3. The van der Waals surface area contributed by atoms with Crippen molar-refractivity contribution in [3.63, 3.8) is 0 Å². The van der Waals surface area contributed by atoms with E-state index in [1.54, 1.807) is 4.90 Å². The van der Waals surface area contributed by atoms with Gasteiger partial charge in [0.25, 0.3) is 0 Å². The SMILES string of the molecule is CC(C)OC(=O)N1CCC(C)C(O)C1. The number of rotatable bonds is 1. The Morgan fingerprint density at radius 2 is 2.21 bits per heavy atom. The van der Waals surface area contributed by atoms with Gasteiger partial charge in [-0.15, -0.1) is 0 Å². The van der Waals surface area contributed by atoms with Crippen LogP contribution in [0.5, 0.6) is 0 Å². The molecule has 82 valence electrons. The van der Waals surface area contributed by atoms with Gasteiger partial charge in [-0.05, 0) is 26.2 Å². The second-order valence-corrected chi connectivity index (χ2v) is 4.21. The van der Waals surface area contributed by atoms with Crippen LogP contribution in [0.2, 0.25) is 0 Å². The lowest BCUT2D eigenvalue weighted by molar-refractivity contribution is 0.0132. The van der Waals surface area contributed by atoms with Crippen LogP contribution in [0.3, 0.4) is 0 Å². The van der Waals surface area contributed by atoms with E-state index in [4.69, 9.17) is 4.74 Å². The number of β-amino-alcohol motifs (C(OH)–C–C–N with tert-alkyl or cyclic N) is 1. The third-order valence-electron chi connectivity index (χ3n) is 2.51. The highest BCUT2D eigenvalue weighted by Gasteiger charge is 2.28. The Bertz CT molecular complexity index is 206. The van der Waals surface area contributed by atoms with Crippen molar-refractivity contribution in [1.82, 2.24) is 4.90 Å². The van der Waals surface area contributed by atoms with Crippen LogP contribution in [0.4, 0.5) is 4.79 Å². The molecular formula is C10H19NO3. The van der Waals surface area contributed by atoms with Crippen molar-refractivity contribution in [3.8, 4) is 0 Å². The third-order valence-corrected chi connectivity index (χ3v) is 2.51. The van der Waals surface area contributed by atoms with Gasteiger partial charge in [-0.1, -0.05) is 6.92 Å². The molecule has 0 saturated carbocycles. The molecule has 4 heteroatoms. The zero-order valence-electron chi connectivity index (χ0n) is 9.06. The van der Waals surface area contributed by atoms with E-state index >= 15 is 0 Å². The third kappa shape index (κ3) is 2.87. The summed E-state index contributed by atoms with van der Waals surface area (Å²) in [6.07, 6.45) is 0.0161. The molecular weight excluding hydrogens is 182 g/mol. The molecule has 0 aromatic heterocycles. The van der Waals surface area contributed by atoms with Crippen LogP contribution in [-0.2, 0) is 4.74 Å². The van der Waals surface area contributed by atoms with Crippen molar-refractivity contribution in [2.24, 2.45) is 5.92 Å². The monoisotopic (exact) mass is 201 g/mol. The largest absolute Gasteiger partial charge is 0.447 e. The molecule has 1 fully saturated rings. The summed E-state index contributed by atoms with van der Waals surface area (Å²) >= 11 is 0. The molecule has 0 aliphatic carbocycles. The first kappa shape index (κ1) is 11.3. The van der Waals surface area contributed by atoms with Gasteiger partial charge in [0.15, 0.2) is 0 Å². The second-order valence-electron chi connectivity index (χ2n) is 4.21. The van der Waals surface area contributed by atoms with E-state index in [0.29, 0.717) is 13.1 Å². The fourth-order valence-corrected chi connectivity index (χ4v) is 1.49. The van der Waals surface area contributed by atoms with Gasteiger partial charge >= 0.3 is 6.09 Å². The number of carbonyl (C=O) groups is 1. The number of hydrogen-bond acceptors (Lipinski definition) is 3. The van der Waals surface area contributed by atoms with E-state index in [1.165, 1.54) is 0 Å². The number of amides is 1. The number of aliphatic hydroxyl groups is 1. The summed E-state index contributed by atoms with van der Waals surface area (Å²) in [7, 11) is 0. The first-order valence-corrected chi connectivity index (χ1v) is 5.14. The van der Waals surface area contributed by atoms with Crippen molar-refractivity contribution in [1.29, 1.82) is 0 Å². The molecule has 1 aliphatic rings. The normalized spacial score (nSPS) is 27.9. The van der Waals surface area contributed by atoms with Gasteiger partial charge < -0.3 is 14.7 Å². The summed E-state index contributed by atoms with van der Waals surface area (Å²) in [6.45, 7) is 6.72. The second kappa shape index (κ2) is 4.64. The average Bonchev–Trinajstić information content (AvgIpc) is 2.08. The van der Waals surface area contributed by atoms with Crippen LogP contribution in [0, 0.1) is 5.92 Å². The van der Waals surface area contributed by atoms with Gasteiger partial charge in [-0.25, -0.2) is 4.79 Å². The Hall–Kier alpha value is -0.770. The van der Waals surface area contributed by atoms with Gasteiger partial charge in [0.2, 0.25) is 0 Å². The molecule has 1 heterocycles. The van der Waals surface area contributed by atoms with E-state index in [9.17, 15) is 9.90 Å². The lowest BCUT2D eigenvalue weighted by Crippen LogP contribution is -2.46. The quantitative estimate of drug-likeness (QED) is 0.694. The van der Waals surface area contributed by atoms with Crippen LogP contribution < -0.4 is 0 Å². The van der Waals surface area contributed by atoms with Gasteiger partial charge in [0.1, 0.15) is 0 Å². The minimum absolute atomic E-state index is 0.0982. The molecule has 14 heavy (non-hydrogen) atoms. The van der Waals surface area contributed by atoms with Gasteiger partial charge in [-0.2, -0.15) is 0 Å². The number of hydrogen-bond donors (Lipinski definition) is 1. The predicted octanol–water partition coefficient (Wildman–Crippen LogP) is 1.23. The molecule has 2 atom stereocenters.